The smallest absolute Gasteiger partial charge is 0.748 e. The van der Waals surface area contributed by atoms with E-state index in [-0.39, 0.29) is 46.1 Å². The minimum Gasteiger partial charge on any atom is -0.748 e. The first kappa shape index (κ1) is 25.8. The second-order valence-electron chi connectivity index (χ2n) is 9.73. The van der Waals surface area contributed by atoms with Crippen molar-refractivity contribution in [2.24, 2.45) is 0 Å². The SMILES string of the molecule is CC(C)(C)c1ccc2c(c1)Sc1cc(C(C)(C)C)ccc1N2CCCS(=O)(=O)[O-].[Na+]. The Bertz CT molecular complexity index is 958. The summed E-state index contributed by atoms with van der Waals surface area (Å²) < 4.78 is 33.3. The molecule has 158 valence electrons. The Labute approximate surface area is 207 Å². The van der Waals surface area contributed by atoms with Crippen molar-refractivity contribution in [3.05, 3.63) is 47.5 Å². The molecule has 1 heterocycles. The van der Waals surface area contributed by atoms with Crippen LogP contribution >= 0.6 is 11.8 Å². The van der Waals surface area contributed by atoms with Gasteiger partial charge in [0.1, 0.15) is 0 Å². The van der Waals surface area contributed by atoms with Crippen molar-refractivity contribution in [3.63, 3.8) is 0 Å². The summed E-state index contributed by atoms with van der Waals surface area (Å²) in [5.74, 6) is -0.346. The fourth-order valence-electron chi connectivity index (χ4n) is 3.46. The second-order valence-corrected chi connectivity index (χ2v) is 12.3. The first-order valence-corrected chi connectivity index (χ1v) is 12.3. The Balaban J connectivity index is 0.00000320. The van der Waals surface area contributed by atoms with Crippen LogP contribution in [0.15, 0.2) is 46.2 Å². The predicted molar refractivity (Wildman–Crippen MR) is 121 cm³/mol. The molecule has 0 bridgehead atoms. The van der Waals surface area contributed by atoms with Gasteiger partial charge in [0.2, 0.25) is 0 Å². The van der Waals surface area contributed by atoms with Crippen LogP contribution in [0.4, 0.5) is 11.4 Å². The molecule has 0 radical (unpaired) electrons. The Hall–Kier alpha value is -0.500. The van der Waals surface area contributed by atoms with Crippen molar-refractivity contribution in [3.8, 4) is 0 Å². The molecule has 2 aromatic carbocycles. The molecule has 1 aliphatic rings. The number of nitrogens with zero attached hydrogens (tertiary/aromatic N) is 1. The summed E-state index contributed by atoms with van der Waals surface area (Å²) in [4.78, 5) is 4.49. The molecule has 0 aromatic heterocycles. The largest absolute Gasteiger partial charge is 1.00 e. The maximum Gasteiger partial charge on any atom is 1.00 e. The van der Waals surface area contributed by atoms with Crippen LogP contribution in [0.1, 0.15) is 59.1 Å². The van der Waals surface area contributed by atoms with Gasteiger partial charge in [0.25, 0.3) is 0 Å². The molecule has 0 unspecified atom stereocenters. The summed E-state index contributed by atoms with van der Waals surface area (Å²) in [7, 11) is -4.21. The third-order valence-electron chi connectivity index (χ3n) is 5.23. The van der Waals surface area contributed by atoms with Crippen LogP contribution in [0.5, 0.6) is 0 Å². The van der Waals surface area contributed by atoms with Crippen LogP contribution < -0.4 is 34.5 Å². The number of hydrogen-bond donors (Lipinski definition) is 0. The van der Waals surface area contributed by atoms with Gasteiger partial charge in [0.15, 0.2) is 0 Å². The molecule has 1 aliphatic heterocycles. The summed E-state index contributed by atoms with van der Waals surface area (Å²) in [5.41, 5.74) is 4.77. The fourth-order valence-corrected chi connectivity index (χ4v) is 5.12. The number of hydrogen-bond acceptors (Lipinski definition) is 5. The molecule has 0 amide bonds. The minimum atomic E-state index is -4.21. The van der Waals surface area contributed by atoms with Crippen molar-refractivity contribution < 1.29 is 42.5 Å². The predicted octanol–water partition coefficient (Wildman–Crippen LogP) is 2.82. The molecule has 0 atom stereocenters. The van der Waals surface area contributed by atoms with Crippen molar-refractivity contribution in [1.82, 2.24) is 0 Å². The molecular weight excluding hydrogens is 425 g/mol. The van der Waals surface area contributed by atoms with E-state index in [0.717, 1.165) is 11.4 Å². The third kappa shape index (κ3) is 6.05. The van der Waals surface area contributed by atoms with E-state index in [1.54, 1.807) is 11.8 Å². The summed E-state index contributed by atoms with van der Waals surface area (Å²) >= 11 is 1.76. The quantitative estimate of drug-likeness (QED) is 0.524. The zero-order valence-electron chi connectivity index (χ0n) is 19.1. The molecule has 4 nitrogen and oxygen atoms in total. The number of anilines is 2. The van der Waals surface area contributed by atoms with Crippen LogP contribution in [-0.4, -0.2) is 25.3 Å². The van der Waals surface area contributed by atoms with Crippen LogP contribution in [-0.2, 0) is 20.9 Å². The van der Waals surface area contributed by atoms with Crippen LogP contribution in [0, 0.1) is 0 Å². The molecule has 0 saturated heterocycles. The molecule has 0 fully saturated rings. The van der Waals surface area contributed by atoms with E-state index < -0.39 is 10.1 Å². The Morgan fingerprint density at radius 2 is 1.30 bits per heavy atom. The van der Waals surface area contributed by atoms with Gasteiger partial charge in [-0.2, -0.15) is 0 Å². The summed E-state index contributed by atoms with van der Waals surface area (Å²) in [6, 6.07) is 13.0. The summed E-state index contributed by atoms with van der Waals surface area (Å²) in [6.45, 7) is 13.7. The van der Waals surface area contributed by atoms with Gasteiger partial charge in [-0.25, -0.2) is 8.42 Å². The van der Waals surface area contributed by atoms with Gasteiger partial charge < -0.3 is 9.45 Å². The van der Waals surface area contributed by atoms with E-state index in [0.29, 0.717) is 13.0 Å². The van der Waals surface area contributed by atoms with E-state index in [1.807, 2.05) is 0 Å². The van der Waals surface area contributed by atoms with Gasteiger partial charge in [-0.15, -0.1) is 0 Å². The van der Waals surface area contributed by atoms with Gasteiger partial charge in [-0.05, 0) is 52.6 Å². The van der Waals surface area contributed by atoms with Crippen LogP contribution in [0.3, 0.4) is 0 Å². The Morgan fingerprint density at radius 1 is 0.867 bits per heavy atom. The van der Waals surface area contributed by atoms with E-state index in [9.17, 15) is 13.0 Å². The van der Waals surface area contributed by atoms with Crippen LogP contribution in [0.2, 0.25) is 0 Å². The molecule has 30 heavy (non-hydrogen) atoms. The average molecular weight is 456 g/mol. The molecule has 0 saturated carbocycles. The van der Waals surface area contributed by atoms with Crippen molar-refractivity contribution in [2.45, 2.75) is 68.6 Å². The number of benzene rings is 2. The molecule has 2 aromatic rings. The topological polar surface area (TPSA) is 60.4 Å². The van der Waals surface area contributed by atoms with Gasteiger partial charge in [0.05, 0.1) is 21.5 Å². The standard InChI is InChI=1S/C23H31NO3S2.Na/c1-22(2,3)16-8-10-18-20(14-16)28-21-15-17(23(4,5)6)9-11-19(21)24(18)12-7-13-29(25,26)27;/h8-11,14-15H,7,12-13H2,1-6H3,(H,25,26,27);/q;+1/p-1. The first-order valence-electron chi connectivity index (χ1n) is 9.94. The summed E-state index contributed by atoms with van der Waals surface area (Å²) in [6.07, 6.45) is 0.303. The fraction of sp³-hybridized carbons (Fsp3) is 0.478. The number of rotatable bonds is 4. The maximum absolute atomic E-state index is 11.1. The average Bonchev–Trinajstić information content (AvgIpc) is 2.57. The van der Waals surface area contributed by atoms with Crippen molar-refractivity contribution in [2.75, 3.05) is 17.2 Å². The summed E-state index contributed by atoms with van der Waals surface area (Å²) in [5, 5.41) is 0. The minimum absolute atomic E-state index is 0. The molecule has 3 rings (SSSR count). The van der Waals surface area contributed by atoms with Crippen molar-refractivity contribution >= 4 is 33.3 Å². The molecule has 0 aliphatic carbocycles. The maximum atomic E-state index is 11.1. The first-order chi connectivity index (χ1) is 13.3. The number of fused-ring (bicyclic) bond motifs is 2. The molecule has 0 spiro atoms. The van der Waals surface area contributed by atoms with Crippen LogP contribution in [0.25, 0.3) is 0 Å². The Kier molecular flexibility index (Phi) is 7.87. The van der Waals surface area contributed by atoms with Gasteiger partial charge in [0, 0.05) is 22.1 Å². The molecule has 7 heteroatoms. The van der Waals surface area contributed by atoms with Crippen molar-refractivity contribution in [1.29, 1.82) is 0 Å². The van der Waals surface area contributed by atoms with E-state index in [2.05, 4.69) is 82.8 Å². The van der Waals surface area contributed by atoms with E-state index in [1.165, 1.54) is 20.9 Å². The zero-order valence-corrected chi connectivity index (χ0v) is 22.7. The van der Waals surface area contributed by atoms with Gasteiger partial charge >= 0.3 is 29.6 Å². The molecule has 0 N–H and O–H groups in total. The van der Waals surface area contributed by atoms with E-state index >= 15 is 0 Å². The monoisotopic (exact) mass is 455 g/mol. The normalized spacial score (nSPS) is 14.0. The van der Waals surface area contributed by atoms with E-state index in [4.69, 9.17) is 0 Å². The molecular formula is C23H30NNaO3S2. The Morgan fingerprint density at radius 3 is 1.67 bits per heavy atom. The third-order valence-corrected chi connectivity index (χ3v) is 7.11. The second kappa shape index (κ2) is 9.16. The zero-order chi connectivity index (χ0) is 21.6. The van der Waals surface area contributed by atoms with Gasteiger partial charge in [-0.3, -0.25) is 0 Å². The van der Waals surface area contributed by atoms with Gasteiger partial charge in [-0.1, -0.05) is 65.4 Å².